The summed E-state index contributed by atoms with van der Waals surface area (Å²) in [5.41, 5.74) is 2.41. The lowest BCUT2D eigenvalue weighted by molar-refractivity contribution is 0.102. The van der Waals surface area contributed by atoms with E-state index >= 15 is 0 Å². The van der Waals surface area contributed by atoms with Crippen molar-refractivity contribution in [1.82, 2.24) is 9.78 Å². The lowest BCUT2D eigenvalue weighted by atomic mass is 10.2. The van der Waals surface area contributed by atoms with Gasteiger partial charge >= 0.3 is 0 Å². The third-order valence-corrected chi connectivity index (χ3v) is 6.36. The first-order valence-corrected chi connectivity index (χ1v) is 11.6. The molecule has 0 unspecified atom stereocenters. The van der Waals surface area contributed by atoms with Crippen molar-refractivity contribution >= 4 is 27.3 Å². The number of amides is 1. The van der Waals surface area contributed by atoms with Crippen LogP contribution in [0.1, 0.15) is 21.7 Å². The van der Waals surface area contributed by atoms with Crippen molar-refractivity contribution in [2.45, 2.75) is 18.7 Å². The molecule has 0 aliphatic heterocycles. The largest absolute Gasteiger partial charge is 0.322 e. The number of anilines is 2. The average molecular weight is 483 g/mol. The number of hydrogen-bond donors (Lipinski definition) is 2. The zero-order valence-electron chi connectivity index (χ0n) is 18.2. The van der Waals surface area contributed by atoms with Crippen LogP contribution in [0.5, 0.6) is 0 Å². The van der Waals surface area contributed by atoms with E-state index in [0.717, 1.165) is 23.5 Å². The topological polar surface area (TPSA) is 93.1 Å². The fraction of sp³-hybridized carbons (Fsp3) is 0.0833. The van der Waals surface area contributed by atoms with E-state index in [0.29, 0.717) is 0 Å². The van der Waals surface area contributed by atoms with Crippen molar-refractivity contribution in [2.24, 2.45) is 0 Å². The highest BCUT2D eigenvalue weighted by molar-refractivity contribution is 7.92. The van der Waals surface area contributed by atoms with Crippen LogP contribution in [0, 0.1) is 25.5 Å². The zero-order chi connectivity index (χ0) is 24.5. The molecular weight excluding hydrogens is 462 g/mol. The highest BCUT2D eigenvalue weighted by Crippen LogP contribution is 2.21. The Balaban J connectivity index is 1.47. The van der Waals surface area contributed by atoms with Crippen LogP contribution in [0.15, 0.2) is 77.7 Å². The molecule has 1 amide bonds. The van der Waals surface area contributed by atoms with Crippen molar-refractivity contribution in [3.8, 4) is 5.69 Å². The maximum absolute atomic E-state index is 14.7. The molecule has 7 nitrogen and oxygen atoms in total. The Bertz CT molecular complexity index is 1470. The first kappa shape index (κ1) is 23.1. The number of nitrogens with zero attached hydrogens (tertiary/aromatic N) is 2. The first-order chi connectivity index (χ1) is 16.1. The molecule has 174 valence electrons. The molecule has 0 aliphatic carbocycles. The quantitative estimate of drug-likeness (QED) is 0.412. The third kappa shape index (κ3) is 4.96. The van der Waals surface area contributed by atoms with Crippen LogP contribution in [0.4, 0.5) is 20.2 Å². The maximum Gasteiger partial charge on any atom is 0.261 e. The molecule has 4 aromatic rings. The van der Waals surface area contributed by atoms with Crippen molar-refractivity contribution in [3.05, 3.63) is 101 Å². The number of aryl methyl sites for hydroxylation is 2. The van der Waals surface area contributed by atoms with Crippen molar-refractivity contribution in [3.63, 3.8) is 0 Å². The molecule has 0 saturated carbocycles. The second-order valence-electron chi connectivity index (χ2n) is 7.60. The summed E-state index contributed by atoms with van der Waals surface area (Å²) in [4.78, 5) is 12.5. The van der Waals surface area contributed by atoms with Gasteiger partial charge in [-0.15, -0.1) is 0 Å². The fourth-order valence-electron chi connectivity index (χ4n) is 3.35. The Hall–Kier alpha value is -4.05. The number of sulfonamides is 1. The van der Waals surface area contributed by atoms with E-state index in [-0.39, 0.29) is 27.5 Å². The summed E-state index contributed by atoms with van der Waals surface area (Å²) in [7, 11) is -3.93. The second-order valence-corrected chi connectivity index (χ2v) is 9.28. The zero-order valence-corrected chi connectivity index (χ0v) is 19.0. The van der Waals surface area contributed by atoms with E-state index in [2.05, 4.69) is 15.1 Å². The Morgan fingerprint density at radius 3 is 2.12 bits per heavy atom. The van der Waals surface area contributed by atoms with Crippen molar-refractivity contribution < 1.29 is 22.0 Å². The lowest BCUT2D eigenvalue weighted by Gasteiger charge is -2.11. The van der Waals surface area contributed by atoms with Crippen LogP contribution in [-0.4, -0.2) is 24.1 Å². The summed E-state index contributed by atoms with van der Waals surface area (Å²) in [5.74, 6) is -1.58. The van der Waals surface area contributed by atoms with E-state index in [4.69, 9.17) is 0 Å². The summed E-state index contributed by atoms with van der Waals surface area (Å²) in [6.07, 6.45) is 0. The van der Waals surface area contributed by atoms with Crippen LogP contribution in [0.25, 0.3) is 5.69 Å². The average Bonchev–Trinajstić information content (AvgIpc) is 3.13. The number of rotatable bonds is 6. The second kappa shape index (κ2) is 9.06. The van der Waals surface area contributed by atoms with Crippen LogP contribution in [-0.2, 0) is 10.0 Å². The summed E-state index contributed by atoms with van der Waals surface area (Å²) in [6, 6.07) is 16.2. The highest BCUT2D eigenvalue weighted by atomic mass is 32.2. The van der Waals surface area contributed by atoms with Crippen molar-refractivity contribution in [1.29, 1.82) is 0 Å². The number of carbonyl (C=O) groups excluding carboxylic acids is 1. The van der Waals surface area contributed by atoms with E-state index in [1.54, 1.807) is 6.07 Å². The molecule has 3 aromatic carbocycles. The van der Waals surface area contributed by atoms with Crippen molar-refractivity contribution in [2.75, 3.05) is 10.0 Å². The van der Waals surface area contributed by atoms with Gasteiger partial charge in [-0.05, 0) is 86.6 Å². The third-order valence-electron chi connectivity index (χ3n) is 4.97. The summed E-state index contributed by atoms with van der Waals surface area (Å²) < 4.78 is 56.5. The molecule has 0 radical (unpaired) electrons. The van der Waals surface area contributed by atoms with Crippen LogP contribution < -0.4 is 10.0 Å². The van der Waals surface area contributed by atoms with Gasteiger partial charge in [0.25, 0.3) is 15.9 Å². The number of nitrogens with one attached hydrogen (secondary N) is 2. The van der Waals surface area contributed by atoms with E-state index in [9.17, 15) is 22.0 Å². The van der Waals surface area contributed by atoms with Gasteiger partial charge in [-0.25, -0.2) is 21.9 Å². The predicted molar refractivity (Wildman–Crippen MR) is 125 cm³/mol. The van der Waals surface area contributed by atoms with Crippen LogP contribution >= 0.6 is 0 Å². The van der Waals surface area contributed by atoms with E-state index in [1.807, 2.05) is 19.9 Å². The molecule has 0 aliphatic rings. The molecule has 4 rings (SSSR count). The molecule has 0 bridgehead atoms. The van der Waals surface area contributed by atoms with Gasteiger partial charge in [0, 0.05) is 22.6 Å². The standard InChI is InChI=1S/C24H20F2N4O3S/c1-15-13-16(2)30(28-15)23-12-9-20(14-22(23)26)27-24(31)17-3-10-21(11-4-17)34(32,33)29-19-7-5-18(25)6-8-19/h3-14,29H,1-2H3,(H,27,31). The number of carbonyl (C=O) groups is 1. The molecule has 34 heavy (non-hydrogen) atoms. The Labute approximate surface area is 195 Å². The Kier molecular flexibility index (Phi) is 6.16. The van der Waals surface area contributed by atoms with Gasteiger partial charge in [0.05, 0.1) is 10.6 Å². The lowest BCUT2D eigenvalue weighted by Crippen LogP contribution is -2.15. The molecule has 2 N–H and O–H groups in total. The highest BCUT2D eigenvalue weighted by Gasteiger charge is 2.16. The number of benzene rings is 3. The molecule has 0 atom stereocenters. The molecule has 0 fully saturated rings. The minimum absolute atomic E-state index is 0.0753. The van der Waals surface area contributed by atoms with Gasteiger partial charge in [0.1, 0.15) is 11.5 Å². The smallest absolute Gasteiger partial charge is 0.261 e. The minimum atomic E-state index is -3.93. The minimum Gasteiger partial charge on any atom is -0.322 e. The van der Waals surface area contributed by atoms with Crippen LogP contribution in [0.2, 0.25) is 0 Å². The maximum atomic E-state index is 14.7. The molecule has 0 saturated heterocycles. The molecule has 10 heteroatoms. The van der Waals surface area contributed by atoms with Gasteiger partial charge in [-0.3, -0.25) is 9.52 Å². The van der Waals surface area contributed by atoms with E-state index in [1.165, 1.54) is 53.2 Å². The number of halogens is 2. The SMILES string of the molecule is Cc1cc(C)n(-c2ccc(NC(=O)c3ccc(S(=O)(=O)Nc4ccc(F)cc4)cc3)cc2F)n1. The van der Waals surface area contributed by atoms with Crippen LogP contribution in [0.3, 0.4) is 0 Å². The molecular formula is C24H20F2N4O3S. The molecule has 1 heterocycles. The summed E-state index contributed by atoms with van der Waals surface area (Å²) in [5, 5.41) is 6.85. The predicted octanol–water partition coefficient (Wildman–Crippen LogP) is 4.82. The first-order valence-electron chi connectivity index (χ1n) is 10.2. The van der Waals surface area contributed by atoms with Gasteiger partial charge < -0.3 is 5.32 Å². The van der Waals surface area contributed by atoms with Gasteiger partial charge in [0.15, 0.2) is 5.82 Å². The monoisotopic (exact) mass is 482 g/mol. The normalized spacial score (nSPS) is 11.3. The Morgan fingerprint density at radius 2 is 1.53 bits per heavy atom. The summed E-state index contributed by atoms with van der Waals surface area (Å²) >= 11 is 0. The number of aromatic nitrogens is 2. The molecule has 1 aromatic heterocycles. The Morgan fingerprint density at radius 1 is 0.882 bits per heavy atom. The van der Waals surface area contributed by atoms with Gasteiger partial charge in [-0.1, -0.05) is 0 Å². The number of hydrogen-bond acceptors (Lipinski definition) is 4. The van der Waals surface area contributed by atoms with E-state index < -0.39 is 27.6 Å². The fourth-order valence-corrected chi connectivity index (χ4v) is 4.41. The molecule has 0 spiro atoms. The van der Waals surface area contributed by atoms with Gasteiger partial charge in [0.2, 0.25) is 0 Å². The summed E-state index contributed by atoms with van der Waals surface area (Å²) in [6.45, 7) is 3.62. The van der Waals surface area contributed by atoms with Gasteiger partial charge in [-0.2, -0.15) is 5.10 Å².